The van der Waals surface area contributed by atoms with Crippen LogP contribution in [0.2, 0.25) is 0 Å². The van der Waals surface area contributed by atoms with E-state index in [0.717, 1.165) is 5.56 Å². The third-order valence-electron chi connectivity index (χ3n) is 3.25. The van der Waals surface area contributed by atoms with Crippen LogP contribution in [0.3, 0.4) is 0 Å². The minimum Gasteiger partial charge on any atom is -0.493 e. The van der Waals surface area contributed by atoms with Gasteiger partial charge in [-0.1, -0.05) is 6.07 Å². The van der Waals surface area contributed by atoms with Crippen LogP contribution in [0.5, 0.6) is 11.5 Å². The topological polar surface area (TPSA) is 104 Å². The van der Waals surface area contributed by atoms with Crippen LogP contribution in [-0.4, -0.2) is 44.4 Å². The molecule has 9 heteroatoms. The number of methoxy groups -OCH3 is 1. The Bertz CT molecular complexity index is 866. The van der Waals surface area contributed by atoms with E-state index in [4.69, 9.17) is 9.47 Å². The highest BCUT2D eigenvalue weighted by Crippen LogP contribution is 2.27. The van der Waals surface area contributed by atoms with Crippen LogP contribution in [-0.2, 0) is 4.79 Å². The zero-order chi connectivity index (χ0) is 17.6. The molecule has 0 aliphatic rings. The number of anilines is 1. The van der Waals surface area contributed by atoms with Gasteiger partial charge in [-0.3, -0.25) is 4.79 Å². The number of rotatable bonds is 6. The average molecular weight is 340 g/mol. The number of nitrogens with one attached hydrogen (secondary N) is 1. The zero-order valence-corrected chi connectivity index (χ0v) is 13.7. The summed E-state index contributed by atoms with van der Waals surface area (Å²) in [6.07, 6.45) is 4.22. The third-order valence-corrected chi connectivity index (χ3v) is 3.25. The molecule has 0 saturated carbocycles. The second-order valence-electron chi connectivity index (χ2n) is 5.09. The van der Waals surface area contributed by atoms with E-state index >= 15 is 0 Å². The van der Waals surface area contributed by atoms with E-state index < -0.39 is 0 Å². The number of amides is 1. The molecule has 2 heterocycles. The van der Waals surface area contributed by atoms with E-state index in [9.17, 15) is 4.79 Å². The summed E-state index contributed by atoms with van der Waals surface area (Å²) < 4.78 is 12.2. The zero-order valence-electron chi connectivity index (χ0n) is 13.7. The van der Waals surface area contributed by atoms with Crippen molar-refractivity contribution in [2.24, 2.45) is 0 Å². The molecule has 0 bridgehead atoms. The minimum absolute atomic E-state index is 0.178. The van der Waals surface area contributed by atoms with Crippen molar-refractivity contribution in [1.29, 1.82) is 0 Å². The van der Waals surface area contributed by atoms with Gasteiger partial charge >= 0.3 is 0 Å². The molecule has 0 aliphatic carbocycles. The first-order chi connectivity index (χ1) is 12.2. The second-order valence-corrected chi connectivity index (χ2v) is 5.09. The van der Waals surface area contributed by atoms with Gasteiger partial charge in [-0.15, -0.1) is 0 Å². The Morgan fingerprint density at radius 1 is 1.20 bits per heavy atom. The molecule has 128 valence electrons. The van der Waals surface area contributed by atoms with E-state index in [2.05, 4.69) is 25.4 Å². The fourth-order valence-electron chi connectivity index (χ4n) is 2.08. The lowest BCUT2D eigenvalue weighted by Gasteiger charge is -2.11. The SMILES string of the molecule is COc1cc(C)ccc1OCC(=O)Nc1cc(-n2cncn2)ncn1. The van der Waals surface area contributed by atoms with Crippen molar-refractivity contribution in [2.45, 2.75) is 6.92 Å². The standard InChI is InChI=1S/C16H16N6O3/c1-11-3-4-12(13(5-11)24-2)25-7-16(23)21-14-6-15(19-9-18-14)22-10-17-8-20-22/h3-6,8-10H,7H2,1-2H3,(H,18,19,21,23). The van der Waals surface area contributed by atoms with Crippen molar-refractivity contribution in [3.05, 3.63) is 48.8 Å². The Hall–Kier alpha value is -3.49. The molecular weight excluding hydrogens is 324 g/mol. The van der Waals surface area contributed by atoms with Crippen LogP contribution in [0.15, 0.2) is 43.2 Å². The Morgan fingerprint density at radius 2 is 2.08 bits per heavy atom. The number of benzene rings is 1. The molecule has 0 unspecified atom stereocenters. The lowest BCUT2D eigenvalue weighted by Crippen LogP contribution is -2.21. The molecule has 0 saturated heterocycles. The van der Waals surface area contributed by atoms with Gasteiger partial charge in [-0.25, -0.2) is 19.6 Å². The maximum absolute atomic E-state index is 12.1. The van der Waals surface area contributed by atoms with Gasteiger partial charge in [0.1, 0.15) is 24.8 Å². The molecule has 25 heavy (non-hydrogen) atoms. The molecule has 0 fully saturated rings. The highest BCUT2D eigenvalue weighted by molar-refractivity contribution is 5.91. The summed E-state index contributed by atoms with van der Waals surface area (Å²) in [5.41, 5.74) is 1.04. The number of carbonyl (C=O) groups excluding carboxylic acids is 1. The van der Waals surface area contributed by atoms with E-state index in [0.29, 0.717) is 23.1 Å². The van der Waals surface area contributed by atoms with E-state index in [1.807, 2.05) is 19.1 Å². The number of hydrogen-bond acceptors (Lipinski definition) is 7. The number of ether oxygens (including phenoxy) is 2. The summed E-state index contributed by atoms with van der Waals surface area (Å²) in [4.78, 5) is 24.0. The van der Waals surface area contributed by atoms with Crippen LogP contribution >= 0.6 is 0 Å². The van der Waals surface area contributed by atoms with Crippen molar-refractivity contribution < 1.29 is 14.3 Å². The fourth-order valence-corrected chi connectivity index (χ4v) is 2.08. The lowest BCUT2D eigenvalue weighted by molar-refractivity contribution is -0.118. The molecule has 0 aliphatic heterocycles. The van der Waals surface area contributed by atoms with Gasteiger partial charge in [-0.2, -0.15) is 5.10 Å². The molecular formula is C16H16N6O3. The van der Waals surface area contributed by atoms with Crippen molar-refractivity contribution in [1.82, 2.24) is 24.7 Å². The molecule has 1 N–H and O–H groups in total. The van der Waals surface area contributed by atoms with Crippen molar-refractivity contribution >= 4 is 11.7 Å². The molecule has 2 aromatic heterocycles. The predicted molar refractivity (Wildman–Crippen MR) is 88.8 cm³/mol. The number of aromatic nitrogens is 5. The van der Waals surface area contributed by atoms with Gasteiger partial charge in [0.05, 0.1) is 7.11 Å². The first kappa shape index (κ1) is 16.4. The van der Waals surface area contributed by atoms with Gasteiger partial charge in [0.2, 0.25) is 0 Å². The van der Waals surface area contributed by atoms with Crippen LogP contribution in [0, 0.1) is 6.92 Å². The molecule has 0 spiro atoms. The van der Waals surface area contributed by atoms with Crippen molar-refractivity contribution in [3.63, 3.8) is 0 Å². The Balaban J connectivity index is 1.63. The minimum atomic E-state index is -0.356. The average Bonchev–Trinajstić information content (AvgIpc) is 3.15. The number of carbonyl (C=O) groups is 1. The summed E-state index contributed by atoms with van der Waals surface area (Å²) in [7, 11) is 1.55. The monoisotopic (exact) mass is 340 g/mol. The number of hydrogen-bond donors (Lipinski definition) is 1. The molecule has 3 rings (SSSR count). The number of nitrogens with zero attached hydrogens (tertiary/aromatic N) is 5. The van der Waals surface area contributed by atoms with Gasteiger partial charge in [0.15, 0.2) is 23.9 Å². The van der Waals surface area contributed by atoms with Crippen molar-refractivity contribution in [2.75, 3.05) is 19.0 Å². The first-order valence-electron chi connectivity index (χ1n) is 7.40. The second kappa shape index (κ2) is 7.39. The molecule has 0 atom stereocenters. The Labute approximate surface area is 143 Å². The summed E-state index contributed by atoms with van der Waals surface area (Å²) in [5.74, 6) is 1.54. The Morgan fingerprint density at radius 3 is 2.84 bits per heavy atom. The summed E-state index contributed by atoms with van der Waals surface area (Å²) in [5, 5.41) is 6.62. The largest absolute Gasteiger partial charge is 0.493 e. The van der Waals surface area contributed by atoms with Crippen LogP contribution < -0.4 is 14.8 Å². The summed E-state index contributed by atoms with van der Waals surface area (Å²) in [6.45, 7) is 1.77. The Kier molecular flexibility index (Phi) is 4.84. The van der Waals surface area contributed by atoms with Crippen LogP contribution in [0.25, 0.3) is 5.82 Å². The molecule has 1 amide bonds. The quantitative estimate of drug-likeness (QED) is 0.723. The number of aryl methyl sites for hydroxylation is 1. The van der Waals surface area contributed by atoms with Gasteiger partial charge in [0.25, 0.3) is 5.91 Å². The van der Waals surface area contributed by atoms with E-state index in [1.54, 1.807) is 19.2 Å². The summed E-state index contributed by atoms with van der Waals surface area (Å²) in [6, 6.07) is 7.06. The summed E-state index contributed by atoms with van der Waals surface area (Å²) >= 11 is 0. The molecule has 1 aromatic carbocycles. The van der Waals surface area contributed by atoms with Crippen LogP contribution in [0.4, 0.5) is 5.82 Å². The maximum Gasteiger partial charge on any atom is 0.263 e. The molecule has 9 nitrogen and oxygen atoms in total. The van der Waals surface area contributed by atoms with E-state index in [-0.39, 0.29) is 12.5 Å². The van der Waals surface area contributed by atoms with Gasteiger partial charge in [0, 0.05) is 6.07 Å². The highest BCUT2D eigenvalue weighted by Gasteiger charge is 2.10. The fraction of sp³-hybridized carbons (Fsp3) is 0.188. The lowest BCUT2D eigenvalue weighted by atomic mass is 10.2. The van der Waals surface area contributed by atoms with Gasteiger partial charge < -0.3 is 14.8 Å². The highest BCUT2D eigenvalue weighted by atomic mass is 16.5. The third kappa shape index (κ3) is 4.08. The predicted octanol–water partition coefficient (Wildman–Crippen LogP) is 1.39. The maximum atomic E-state index is 12.1. The normalized spacial score (nSPS) is 10.3. The van der Waals surface area contributed by atoms with Crippen molar-refractivity contribution in [3.8, 4) is 17.3 Å². The van der Waals surface area contributed by atoms with E-state index in [1.165, 1.54) is 23.7 Å². The van der Waals surface area contributed by atoms with Crippen LogP contribution in [0.1, 0.15) is 5.56 Å². The molecule has 0 radical (unpaired) electrons. The molecule has 3 aromatic rings. The smallest absolute Gasteiger partial charge is 0.263 e. The first-order valence-corrected chi connectivity index (χ1v) is 7.40. The van der Waals surface area contributed by atoms with Gasteiger partial charge in [-0.05, 0) is 24.6 Å².